The number of carbonyl (C=O) groups is 3. The highest BCUT2D eigenvalue weighted by Gasteiger charge is 2.70. The van der Waals surface area contributed by atoms with E-state index in [1.165, 1.54) is 18.4 Å². The molecule has 1 aromatic carbocycles. The summed E-state index contributed by atoms with van der Waals surface area (Å²) in [5, 5.41) is 14.4. The van der Waals surface area contributed by atoms with Gasteiger partial charge in [-0.15, -0.1) is 0 Å². The molecule has 2 N–H and O–H groups in total. The van der Waals surface area contributed by atoms with Gasteiger partial charge in [-0.3, -0.25) is 14.4 Å². The molecule has 0 spiro atoms. The van der Waals surface area contributed by atoms with Crippen LogP contribution in [0.15, 0.2) is 35.4 Å². The number of esters is 1. The minimum absolute atomic E-state index is 0.0393. The number of aliphatic carboxylic acids is 1. The molecule has 7 heteroatoms. The van der Waals surface area contributed by atoms with E-state index in [9.17, 15) is 19.5 Å². The van der Waals surface area contributed by atoms with E-state index >= 15 is 0 Å². The first kappa shape index (κ1) is 39.1. The number of rotatable bonds is 10. The summed E-state index contributed by atoms with van der Waals surface area (Å²) in [7, 11) is 0. The molecule has 1 aromatic rings. The second-order valence-electron chi connectivity index (χ2n) is 20.9. The van der Waals surface area contributed by atoms with E-state index in [2.05, 4.69) is 65.9 Å². The molecule has 0 radical (unpaired) electrons. The monoisotopic (exact) mass is 747 g/mol. The maximum atomic E-state index is 14.1. The lowest BCUT2D eigenvalue weighted by Gasteiger charge is -2.72. The number of carboxylic acids is 1. The van der Waals surface area contributed by atoms with E-state index < -0.39 is 17.4 Å². The SMILES string of the molecule is CC(C)C1=C2[C@H]3CC[C@@H]4[C@@]5(C)CC[C@H](OC(=O)CC(C)(C)C(=O)O)C(C)(C)[C@@H]5CC[C@@]4(C)[C@]3(C)CC[C@@]2(CCNC2(c3ccc(Cl)cc3)CC2)CC1=O. The summed E-state index contributed by atoms with van der Waals surface area (Å²) >= 11 is 6.23. The van der Waals surface area contributed by atoms with Crippen molar-refractivity contribution in [1.29, 1.82) is 0 Å². The van der Waals surface area contributed by atoms with Crippen LogP contribution in [-0.4, -0.2) is 35.5 Å². The van der Waals surface area contributed by atoms with E-state index in [1.54, 1.807) is 19.4 Å². The first-order chi connectivity index (χ1) is 24.7. The van der Waals surface area contributed by atoms with Gasteiger partial charge in [0.1, 0.15) is 6.10 Å². The zero-order valence-corrected chi connectivity index (χ0v) is 34.8. The molecule has 8 atom stereocenters. The Balaban J connectivity index is 1.13. The number of hydrogen-bond acceptors (Lipinski definition) is 5. The number of allylic oxidation sites excluding steroid dienone is 2. The van der Waals surface area contributed by atoms with Crippen molar-refractivity contribution in [1.82, 2.24) is 5.32 Å². The van der Waals surface area contributed by atoms with E-state index in [0.717, 1.165) is 74.9 Å². The van der Waals surface area contributed by atoms with Gasteiger partial charge in [0.25, 0.3) is 0 Å². The predicted molar refractivity (Wildman–Crippen MR) is 210 cm³/mol. The second-order valence-corrected chi connectivity index (χ2v) is 21.4. The summed E-state index contributed by atoms with van der Waals surface area (Å²) in [5.74, 6) is 0.660. The van der Waals surface area contributed by atoms with Gasteiger partial charge >= 0.3 is 11.9 Å². The lowest BCUT2D eigenvalue weighted by Crippen LogP contribution is -2.65. The van der Waals surface area contributed by atoms with Crippen molar-refractivity contribution in [2.75, 3.05) is 6.54 Å². The minimum Gasteiger partial charge on any atom is -0.481 e. The Bertz CT molecular complexity index is 1690. The summed E-state index contributed by atoms with van der Waals surface area (Å²) in [6, 6.07) is 8.35. The van der Waals surface area contributed by atoms with Gasteiger partial charge < -0.3 is 15.2 Å². The smallest absolute Gasteiger partial charge is 0.309 e. The molecule has 5 fully saturated rings. The molecule has 0 heterocycles. The molecule has 0 bridgehead atoms. The Morgan fingerprint density at radius 3 is 2.21 bits per heavy atom. The number of Topliss-reactive ketones (excluding diaryl/α,β-unsaturated/α-hetero) is 1. The predicted octanol–water partition coefficient (Wildman–Crippen LogP) is 10.7. The zero-order valence-electron chi connectivity index (χ0n) is 34.1. The molecule has 0 unspecified atom stereocenters. The topological polar surface area (TPSA) is 92.7 Å². The Hall–Kier alpha value is -2.18. The molecule has 5 saturated carbocycles. The molecular formula is C46H66ClNO5. The largest absolute Gasteiger partial charge is 0.481 e. The Labute approximate surface area is 324 Å². The van der Waals surface area contributed by atoms with Crippen molar-refractivity contribution in [2.45, 2.75) is 157 Å². The van der Waals surface area contributed by atoms with Gasteiger partial charge in [-0.2, -0.15) is 0 Å². The molecule has 7 rings (SSSR count). The van der Waals surface area contributed by atoms with Crippen molar-refractivity contribution < 1.29 is 24.2 Å². The van der Waals surface area contributed by atoms with Crippen LogP contribution in [0.2, 0.25) is 5.02 Å². The highest BCUT2D eigenvalue weighted by Crippen LogP contribution is 2.77. The number of halogens is 1. The summed E-state index contributed by atoms with van der Waals surface area (Å²) in [6.07, 6.45) is 12.3. The number of ketones is 1. The standard InChI is InChI=1S/C46H66ClNO5/c1-28(2)37-32(49)26-45(24-25-48-46(22-23-46)29-10-12-30(47)13-11-29)21-20-43(8)31(38(37)45)14-15-34-42(7)18-17-35(53-36(50)27-40(3,4)39(51)52)41(5,6)33(42)16-19-44(34,43)9/h10-13,28,31,33-35,48H,14-27H2,1-9H3,(H,51,52)/t31-,33+,34-,35+,42+,43-,44-,45-/m1/s1. The van der Waals surface area contributed by atoms with Crippen LogP contribution in [0.1, 0.15) is 151 Å². The van der Waals surface area contributed by atoms with E-state index in [1.807, 2.05) is 12.1 Å². The minimum atomic E-state index is -1.15. The Morgan fingerprint density at radius 1 is 0.906 bits per heavy atom. The highest BCUT2D eigenvalue weighted by molar-refractivity contribution is 6.30. The summed E-state index contributed by atoms with van der Waals surface area (Å²) in [5.41, 5.74) is 3.04. The number of fused-ring (bicyclic) bond motifs is 7. The average Bonchev–Trinajstić information content (AvgIpc) is 3.78. The number of ether oxygens (including phenoxy) is 1. The Morgan fingerprint density at radius 2 is 1.58 bits per heavy atom. The van der Waals surface area contributed by atoms with Crippen LogP contribution < -0.4 is 5.32 Å². The van der Waals surface area contributed by atoms with Crippen LogP contribution in [0.5, 0.6) is 0 Å². The summed E-state index contributed by atoms with van der Waals surface area (Å²) in [4.78, 5) is 39.0. The van der Waals surface area contributed by atoms with Crippen LogP contribution >= 0.6 is 11.6 Å². The van der Waals surface area contributed by atoms with Crippen molar-refractivity contribution in [3.8, 4) is 0 Å². The van der Waals surface area contributed by atoms with Crippen LogP contribution in [0, 0.1) is 56.2 Å². The normalized spacial score (nSPS) is 38.4. The molecule has 6 aliphatic carbocycles. The third-order valence-electron chi connectivity index (χ3n) is 17.2. The van der Waals surface area contributed by atoms with Gasteiger partial charge in [0, 0.05) is 27.8 Å². The number of carboxylic acid groups (broad SMARTS) is 1. The molecule has 0 aromatic heterocycles. The first-order valence-electron chi connectivity index (χ1n) is 20.9. The highest BCUT2D eigenvalue weighted by atomic mass is 35.5. The molecule has 6 nitrogen and oxygen atoms in total. The van der Waals surface area contributed by atoms with E-state index in [4.69, 9.17) is 16.3 Å². The molecule has 0 saturated heterocycles. The van der Waals surface area contributed by atoms with Gasteiger partial charge in [-0.1, -0.05) is 77.8 Å². The molecule has 0 aliphatic heterocycles. The van der Waals surface area contributed by atoms with Gasteiger partial charge in [0.2, 0.25) is 0 Å². The van der Waals surface area contributed by atoms with Crippen LogP contribution in [0.25, 0.3) is 0 Å². The summed E-state index contributed by atoms with van der Waals surface area (Å²) < 4.78 is 6.19. The fourth-order valence-electron chi connectivity index (χ4n) is 13.9. The Kier molecular flexibility index (Phi) is 9.53. The number of carbonyl (C=O) groups excluding carboxylic acids is 2. The van der Waals surface area contributed by atoms with Crippen molar-refractivity contribution >= 4 is 29.3 Å². The van der Waals surface area contributed by atoms with Crippen molar-refractivity contribution in [3.05, 3.63) is 46.0 Å². The van der Waals surface area contributed by atoms with E-state index in [0.29, 0.717) is 30.0 Å². The maximum Gasteiger partial charge on any atom is 0.309 e. The number of nitrogens with one attached hydrogen (secondary N) is 1. The van der Waals surface area contributed by atoms with Gasteiger partial charge in [-0.05, 0) is 154 Å². The van der Waals surface area contributed by atoms with Crippen LogP contribution in [0.4, 0.5) is 0 Å². The van der Waals surface area contributed by atoms with Gasteiger partial charge in [-0.25, -0.2) is 0 Å². The number of benzene rings is 1. The molecule has 0 amide bonds. The third-order valence-corrected chi connectivity index (χ3v) is 17.4. The van der Waals surface area contributed by atoms with Gasteiger partial charge in [0.05, 0.1) is 11.8 Å². The average molecular weight is 748 g/mol. The molecule has 292 valence electrons. The quantitative estimate of drug-likeness (QED) is 0.232. The molecule has 6 aliphatic rings. The van der Waals surface area contributed by atoms with Crippen LogP contribution in [-0.2, 0) is 24.7 Å². The summed E-state index contributed by atoms with van der Waals surface area (Å²) in [6.45, 7) is 21.0. The first-order valence-corrected chi connectivity index (χ1v) is 21.3. The molecular weight excluding hydrogens is 682 g/mol. The lowest BCUT2D eigenvalue weighted by molar-refractivity contribution is -0.233. The van der Waals surface area contributed by atoms with Crippen molar-refractivity contribution in [3.63, 3.8) is 0 Å². The molecule has 53 heavy (non-hydrogen) atoms. The number of hydrogen-bond donors (Lipinski definition) is 2. The fraction of sp³-hybridized carbons (Fsp3) is 0.761. The fourth-order valence-corrected chi connectivity index (χ4v) is 14.0. The lowest BCUT2D eigenvalue weighted by atomic mass is 9.33. The van der Waals surface area contributed by atoms with Crippen LogP contribution in [0.3, 0.4) is 0 Å². The van der Waals surface area contributed by atoms with Crippen molar-refractivity contribution in [2.24, 2.45) is 56.2 Å². The zero-order chi connectivity index (χ0) is 38.6. The van der Waals surface area contributed by atoms with Gasteiger partial charge in [0.15, 0.2) is 5.78 Å². The third kappa shape index (κ3) is 6.00. The maximum absolute atomic E-state index is 14.1. The van der Waals surface area contributed by atoms with E-state index in [-0.39, 0.29) is 51.1 Å². The second kappa shape index (κ2) is 12.9.